The summed E-state index contributed by atoms with van der Waals surface area (Å²) < 4.78 is 0. The number of benzene rings is 1. The molecule has 1 atom stereocenters. The van der Waals surface area contributed by atoms with E-state index < -0.39 is 0 Å². The highest BCUT2D eigenvalue weighted by Gasteiger charge is 2.28. The summed E-state index contributed by atoms with van der Waals surface area (Å²) in [6.45, 7) is 4.14. The zero-order chi connectivity index (χ0) is 17.3. The maximum absolute atomic E-state index is 12.6. The third-order valence-corrected chi connectivity index (χ3v) is 5.75. The molecule has 2 amide bonds. The molecule has 1 aliphatic carbocycles. The van der Waals surface area contributed by atoms with E-state index in [4.69, 9.17) is 0 Å². The van der Waals surface area contributed by atoms with Crippen LogP contribution in [0.25, 0.3) is 0 Å². The van der Waals surface area contributed by atoms with Crippen molar-refractivity contribution < 1.29 is 9.59 Å². The number of amides is 2. The van der Waals surface area contributed by atoms with Crippen LogP contribution in [-0.4, -0.2) is 18.9 Å². The monoisotopic (exact) mass is 342 g/mol. The maximum atomic E-state index is 12.6. The van der Waals surface area contributed by atoms with E-state index in [2.05, 4.69) is 17.6 Å². The van der Waals surface area contributed by atoms with E-state index in [9.17, 15) is 9.59 Å². The number of fused-ring (bicyclic) bond motifs is 1. The summed E-state index contributed by atoms with van der Waals surface area (Å²) in [5, 5.41) is 6.35. The van der Waals surface area contributed by atoms with Crippen molar-refractivity contribution in [3.63, 3.8) is 0 Å². The number of aryl methyl sites for hydroxylation is 1. The average molecular weight is 342 g/mol. The van der Waals surface area contributed by atoms with Crippen molar-refractivity contribution in [2.75, 3.05) is 12.4 Å². The Morgan fingerprint density at radius 2 is 1.96 bits per heavy atom. The molecule has 2 N–H and O–H groups in total. The fourth-order valence-electron chi connectivity index (χ4n) is 3.20. The Balaban J connectivity index is 1.97. The number of carbonyl (C=O) groups excluding carboxylic acids is 2. The number of anilines is 1. The Morgan fingerprint density at radius 3 is 2.67 bits per heavy atom. The zero-order valence-corrected chi connectivity index (χ0v) is 15.0. The van der Waals surface area contributed by atoms with E-state index in [0.717, 1.165) is 30.4 Å². The molecule has 2 aromatic rings. The number of nitrogens with one attached hydrogen (secondary N) is 2. The van der Waals surface area contributed by atoms with E-state index in [1.807, 2.05) is 25.1 Å². The van der Waals surface area contributed by atoms with E-state index in [-0.39, 0.29) is 11.8 Å². The first-order valence-corrected chi connectivity index (χ1v) is 9.06. The molecule has 1 heterocycles. The highest BCUT2D eigenvalue weighted by molar-refractivity contribution is 7.17. The van der Waals surface area contributed by atoms with Crippen LogP contribution in [0.2, 0.25) is 0 Å². The lowest BCUT2D eigenvalue weighted by Gasteiger charge is -2.18. The normalized spacial score (nSPS) is 16.4. The molecule has 0 saturated carbocycles. The van der Waals surface area contributed by atoms with Gasteiger partial charge in [0.05, 0.1) is 5.56 Å². The van der Waals surface area contributed by atoms with Crippen LogP contribution in [0.3, 0.4) is 0 Å². The first-order chi connectivity index (χ1) is 11.5. The van der Waals surface area contributed by atoms with Gasteiger partial charge in [-0.05, 0) is 49.3 Å². The Labute approximate surface area is 146 Å². The van der Waals surface area contributed by atoms with Crippen molar-refractivity contribution in [1.82, 2.24) is 5.32 Å². The topological polar surface area (TPSA) is 58.2 Å². The Kier molecular flexibility index (Phi) is 4.71. The third kappa shape index (κ3) is 3.08. The van der Waals surface area contributed by atoms with Crippen molar-refractivity contribution >= 4 is 28.2 Å². The van der Waals surface area contributed by atoms with E-state index >= 15 is 0 Å². The molecule has 1 aromatic heterocycles. The number of rotatable bonds is 3. The van der Waals surface area contributed by atoms with Gasteiger partial charge in [-0.3, -0.25) is 9.59 Å². The van der Waals surface area contributed by atoms with Gasteiger partial charge in [0.15, 0.2) is 0 Å². The number of hydrogen-bond donors (Lipinski definition) is 2. The van der Waals surface area contributed by atoms with Crippen molar-refractivity contribution in [1.29, 1.82) is 0 Å². The molecule has 3 rings (SSSR count). The van der Waals surface area contributed by atoms with E-state index in [1.54, 1.807) is 24.5 Å². The van der Waals surface area contributed by atoms with Gasteiger partial charge in [-0.1, -0.05) is 25.1 Å². The minimum Gasteiger partial charge on any atom is -0.355 e. The van der Waals surface area contributed by atoms with Crippen molar-refractivity contribution in [2.24, 2.45) is 5.92 Å². The lowest BCUT2D eigenvalue weighted by atomic mass is 9.88. The molecular formula is C19H22N2O2S. The molecule has 0 saturated heterocycles. The average Bonchev–Trinajstić information content (AvgIpc) is 2.91. The molecule has 0 fully saturated rings. The van der Waals surface area contributed by atoms with Crippen molar-refractivity contribution in [2.45, 2.75) is 33.1 Å². The highest BCUT2D eigenvalue weighted by Crippen LogP contribution is 2.39. The minimum atomic E-state index is -0.162. The van der Waals surface area contributed by atoms with Crippen LogP contribution in [0.4, 0.5) is 5.00 Å². The number of hydrogen-bond acceptors (Lipinski definition) is 3. The lowest BCUT2D eigenvalue weighted by molar-refractivity contribution is 0.0963. The van der Waals surface area contributed by atoms with E-state index in [1.165, 1.54) is 4.88 Å². The molecule has 0 aliphatic heterocycles. The summed E-state index contributed by atoms with van der Waals surface area (Å²) in [4.78, 5) is 26.2. The fraction of sp³-hybridized carbons (Fsp3) is 0.368. The molecule has 0 spiro atoms. The number of thiophene rings is 1. The second-order valence-corrected chi connectivity index (χ2v) is 7.51. The van der Waals surface area contributed by atoms with Gasteiger partial charge in [0.2, 0.25) is 0 Å². The van der Waals surface area contributed by atoms with Crippen LogP contribution >= 0.6 is 11.3 Å². The summed E-state index contributed by atoms with van der Waals surface area (Å²) >= 11 is 1.55. The largest absolute Gasteiger partial charge is 0.355 e. The molecule has 0 unspecified atom stereocenters. The predicted molar refractivity (Wildman–Crippen MR) is 98.0 cm³/mol. The van der Waals surface area contributed by atoms with Crippen LogP contribution in [0.5, 0.6) is 0 Å². The van der Waals surface area contributed by atoms with Gasteiger partial charge < -0.3 is 10.6 Å². The van der Waals surface area contributed by atoms with Gasteiger partial charge in [-0.15, -0.1) is 11.3 Å². The smallest absolute Gasteiger partial charge is 0.256 e. The Morgan fingerprint density at radius 1 is 1.21 bits per heavy atom. The van der Waals surface area contributed by atoms with E-state index in [0.29, 0.717) is 22.0 Å². The van der Waals surface area contributed by atoms with Gasteiger partial charge in [0.25, 0.3) is 11.8 Å². The first-order valence-electron chi connectivity index (χ1n) is 8.24. The van der Waals surface area contributed by atoms with Gasteiger partial charge in [-0.2, -0.15) is 0 Å². The molecule has 1 aliphatic rings. The zero-order valence-electron chi connectivity index (χ0n) is 14.2. The minimum absolute atomic E-state index is 0.123. The van der Waals surface area contributed by atoms with Crippen LogP contribution in [-0.2, 0) is 12.8 Å². The van der Waals surface area contributed by atoms with Crippen LogP contribution in [0.15, 0.2) is 24.3 Å². The quantitative estimate of drug-likeness (QED) is 0.891. The van der Waals surface area contributed by atoms with Crippen LogP contribution in [0.1, 0.15) is 50.1 Å². The molecule has 0 bridgehead atoms. The van der Waals surface area contributed by atoms with Gasteiger partial charge in [0, 0.05) is 17.5 Å². The summed E-state index contributed by atoms with van der Waals surface area (Å²) in [5.41, 5.74) is 3.32. The summed E-state index contributed by atoms with van der Waals surface area (Å²) in [5.74, 6) is 0.334. The Hall–Kier alpha value is -2.14. The van der Waals surface area contributed by atoms with Gasteiger partial charge >= 0.3 is 0 Å². The first kappa shape index (κ1) is 16.7. The maximum Gasteiger partial charge on any atom is 0.256 e. The standard InChI is InChI=1S/C19H22N2O2S/c1-11-8-9-14-15(10-11)24-19(16(14)18(23)20-3)21-17(22)13-7-5-4-6-12(13)2/h4-7,11H,8-10H2,1-3H3,(H,20,23)(H,21,22)/t11-/m0/s1. The lowest BCUT2D eigenvalue weighted by Crippen LogP contribution is -2.22. The molecule has 24 heavy (non-hydrogen) atoms. The summed E-state index contributed by atoms with van der Waals surface area (Å²) in [6.07, 6.45) is 2.96. The molecule has 4 nitrogen and oxygen atoms in total. The van der Waals surface area contributed by atoms with Crippen molar-refractivity contribution in [3.05, 3.63) is 51.4 Å². The highest BCUT2D eigenvalue weighted by atomic mass is 32.1. The van der Waals surface area contributed by atoms with Crippen LogP contribution in [0, 0.1) is 12.8 Å². The molecule has 0 radical (unpaired) electrons. The fourth-order valence-corrected chi connectivity index (χ4v) is 4.61. The number of carbonyl (C=O) groups is 2. The summed E-state index contributed by atoms with van der Waals surface area (Å²) in [7, 11) is 1.63. The second kappa shape index (κ2) is 6.77. The molecule has 5 heteroatoms. The summed E-state index contributed by atoms with van der Waals surface area (Å²) in [6, 6.07) is 7.48. The second-order valence-electron chi connectivity index (χ2n) is 6.40. The van der Waals surface area contributed by atoms with Crippen LogP contribution < -0.4 is 10.6 Å². The third-order valence-electron chi connectivity index (χ3n) is 4.58. The molecular weight excluding hydrogens is 320 g/mol. The molecule has 126 valence electrons. The molecule has 1 aromatic carbocycles. The van der Waals surface area contributed by atoms with Gasteiger partial charge in [0.1, 0.15) is 5.00 Å². The predicted octanol–water partition coefficient (Wildman–Crippen LogP) is 3.79. The Bertz CT molecular complexity index is 795. The van der Waals surface area contributed by atoms with Gasteiger partial charge in [-0.25, -0.2) is 0 Å². The van der Waals surface area contributed by atoms with Crippen molar-refractivity contribution in [3.8, 4) is 0 Å². The SMILES string of the molecule is CNC(=O)c1c(NC(=O)c2ccccc2C)sc2c1CC[C@H](C)C2.